The summed E-state index contributed by atoms with van der Waals surface area (Å²) in [5, 5.41) is 7.52. The van der Waals surface area contributed by atoms with Gasteiger partial charge in [-0.2, -0.15) is 0 Å². The molecule has 8 rings (SSSR count). The average molecular weight is 458 g/mol. The minimum absolute atomic E-state index is 1.04. The third-order valence-corrected chi connectivity index (χ3v) is 8.86. The van der Waals surface area contributed by atoms with Crippen molar-refractivity contribution < 1.29 is 0 Å². The summed E-state index contributed by atoms with van der Waals surface area (Å²) >= 11 is 3.61. The van der Waals surface area contributed by atoms with Gasteiger partial charge in [0.05, 0.1) is 21.4 Å². The zero-order chi connectivity index (χ0) is 21.5. The van der Waals surface area contributed by atoms with Crippen LogP contribution in [0.25, 0.3) is 68.0 Å². The molecule has 5 heteroatoms. The van der Waals surface area contributed by atoms with Crippen LogP contribution in [0.1, 0.15) is 0 Å². The standard InChI is InChI=1S/C28H15N3S2/c1-3-9-22-16(6-1)19-13-26-20(21-14-29-15-30-28(21)33-26)12-24(19)31(22)23-10-5-8-18-17-7-2-4-11-25(17)32-27(18)23/h1-15H. The summed E-state index contributed by atoms with van der Waals surface area (Å²) in [6.45, 7) is 0. The van der Waals surface area contributed by atoms with Crippen molar-refractivity contribution in [1.29, 1.82) is 0 Å². The minimum atomic E-state index is 1.04. The molecule has 0 aliphatic carbocycles. The van der Waals surface area contributed by atoms with Gasteiger partial charge >= 0.3 is 0 Å². The summed E-state index contributed by atoms with van der Waals surface area (Å²) in [6.07, 6.45) is 3.57. The second-order valence-electron chi connectivity index (χ2n) is 8.31. The van der Waals surface area contributed by atoms with Gasteiger partial charge < -0.3 is 4.57 Å². The fourth-order valence-electron chi connectivity index (χ4n) is 5.15. The largest absolute Gasteiger partial charge is 0.308 e. The van der Waals surface area contributed by atoms with Gasteiger partial charge in [-0.1, -0.05) is 48.5 Å². The van der Waals surface area contributed by atoms with Crippen molar-refractivity contribution in [3.8, 4) is 5.69 Å². The molecule has 4 aromatic carbocycles. The van der Waals surface area contributed by atoms with Crippen LogP contribution in [-0.2, 0) is 0 Å². The van der Waals surface area contributed by atoms with Crippen LogP contribution in [0.15, 0.2) is 91.4 Å². The van der Waals surface area contributed by atoms with Crippen molar-refractivity contribution in [2.24, 2.45) is 0 Å². The summed E-state index contributed by atoms with van der Waals surface area (Å²) < 4.78 is 6.33. The molecule has 0 aliphatic heterocycles. The molecule has 4 aromatic heterocycles. The SMILES string of the molecule is c1ccc2c(c1)sc1c(-n3c4ccccc4c4cc5sc6ncncc6c5cc43)cccc12. The monoisotopic (exact) mass is 457 g/mol. The van der Waals surface area contributed by atoms with Gasteiger partial charge in [0.15, 0.2) is 0 Å². The number of hydrogen-bond donors (Lipinski definition) is 0. The van der Waals surface area contributed by atoms with Gasteiger partial charge in [-0.3, -0.25) is 0 Å². The highest BCUT2D eigenvalue weighted by Crippen LogP contribution is 2.43. The van der Waals surface area contributed by atoms with E-state index in [0.717, 1.165) is 10.2 Å². The van der Waals surface area contributed by atoms with Crippen molar-refractivity contribution in [3.05, 3.63) is 91.4 Å². The van der Waals surface area contributed by atoms with Crippen molar-refractivity contribution in [1.82, 2.24) is 14.5 Å². The third kappa shape index (κ3) is 2.33. The Hall–Kier alpha value is -3.80. The van der Waals surface area contributed by atoms with Crippen LogP contribution in [0, 0.1) is 0 Å². The molecule has 0 saturated heterocycles. The molecule has 3 nitrogen and oxygen atoms in total. The van der Waals surface area contributed by atoms with E-state index >= 15 is 0 Å². The van der Waals surface area contributed by atoms with Crippen LogP contribution in [0.5, 0.6) is 0 Å². The van der Waals surface area contributed by atoms with Crippen LogP contribution in [-0.4, -0.2) is 14.5 Å². The predicted octanol–water partition coefficient (Wildman–Crippen LogP) is 8.31. The van der Waals surface area contributed by atoms with Crippen molar-refractivity contribution in [2.45, 2.75) is 0 Å². The lowest BCUT2D eigenvalue weighted by Gasteiger charge is -2.09. The zero-order valence-corrected chi connectivity index (χ0v) is 19.0. The van der Waals surface area contributed by atoms with E-state index in [9.17, 15) is 0 Å². The Bertz CT molecular complexity index is 2040. The quantitative estimate of drug-likeness (QED) is 0.248. The maximum absolute atomic E-state index is 4.50. The number of fused-ring (bicyclic) bond motifs is 9. The predicted molar refractivity (Wildman–Crippen MR) is 142 cm³/mol. The van der Waals surface area contributed by atoms with Crippen LogP contribution in [0.4, 0.5) is 0 Å². The van der Waals surface area contributed by atoms with Crippen molar-refractivity contribution in [2.75, 3.05) is 0 Å². The van der Waals surface area contributed by atoms with Crippen LogP contribution in [0.3, 0.4) is 0 Å². The Morgan fingerprint density at radius 1 is 0.606 bits per heavy atom. The van der Waals surface area contributed by atoms with E-state index in [1.165, 1.54) is 57.8 Å². The fraction of sp³-hybridized carbons (Fsp3) is 0. The molecule has 33 heavy (non-hydrogen) atoms. The summed E-state index contributed by atoms with van der Waals surface area (Å²) in [5.41, 5.74) is 3.68. The number of hydrogen-bond acceptors (Lipinski definition) is 4. The lowest BCUT2D eigenvalue weighted by Crippen LogP contribution is -1.93. The molecule has 4 heterocycles. The molecule has 0 amide bonds. The second kappa shape index (κ2) is 6.38. The molecule has 0 unspecified atom stereocenters. The van der Waals surface area contributed by atoms with E-state index in [-0.39, 0.29) is 0 Å². The van der Waals surface area contributed by atoms with E-state index in [2.05, 4.69) is 93.4 Å². The van der Waals surface area contributed by atoms with E-state index < -0.39 is 0 Å². The van der Waals surface area contributed by atoms with Crippen LogP contribution < -0.4 is 0 Å². The Kier molecular flexibility index (Phi) is 3.42. The van der Waals surface area contributed by atoms with Gasteiger partial charge in [0, 0.05) is 47.9 Å². The molecule has 0 bridgehead atoms. The molecule has 0 saturated carbocycles. The molecule has 0 N–H and O–H groups in total. The molecular formula is C28H15N3S2. The first kappa shape index (κ1) is 17.7. The summed E-state index contributed by atoms with van der Waals surface area (Å²) in [4.78, 5) is 9.84. The van der Waals surface area contributed by atoms with Crippen molar-refractivity contribution in [3.63, 3.8) is 0 Å². The smallest absolute Gasteiger partial charge is 0.127 e. The zero-order valence-electron chi connectivity index (χ0n) is 17.3. The average Bonchev–Trinajstić information content (AvgIpc) is 3.52. The molecule has 0 fully saturated rings. The lowest BCUT2D eigenvalue weighted by molar-refractivity contribution is 1.20. The lowest BCUT2D eigenvalue weighted by atomic mass is 10.1. The van der Waals surface area contributed by atoms with Gasteiger partial charge in [0.25, 0.3) is 0 Å². The highest BCUT2D eigenvalue weighted by Gasteiger charge is 2.18. The van der Waals surface area contributed by atoms with Gasteiger partial charge in [-0.25, -0.2) is 9.97 Å². The van der Waals surface area contributed by atoms with Crippen LogP contribution >= 0.6 is 22.7 Å². The van der Waals surface area contributed by atoms with E-state index in [4.69, 9.17) is 0 Å². The van der Waals surface area contributed by atoms with Crippen LogP contribution in [0.2, 0.25) is 0 Å². The van der Waals surface area contributed by atoms with Crippen molar-refractivity contribution >= 4 is 85.0 Å². The number of para-hydroxylation sites is 1. The second-order valence-corrected chi connectivity index (χ2v) is 10.4. The maximum Gasteiger partial charge on any atom is 0.127 e. The summed E-state index contributed by atoms with van der Waals surface area (Å²) in [6, 6.07) is 28.8. The number of thiophene rings is 2. The minimum Gasteiger partial charge on any atom is -0.308 e. The topological polar surface area (TPSA) is 30.7 Å². The highest BCUT2D eigenvalue weighted by molar-refractivity contribution is 7.26. The Labute approximate surface area is 196 Å². The van der Waals surface area contributed by atoms with E-state index in [0.29, 0.717) is 0 Å². The van der Waals surface area contributed by atoms with E-state index in [1.54, 1.807) is 17.7 Å². The Morgan fingerprint density at radius 2 is 1.45 bits per heavy atom. The fourth-order valence-corrected chi connectivity index (χ4v) is 7.39. The normalized spacial score (nSPS) is 12.2. The summed E-state index contributed by atoms with van der Waals surface area (Å²) in [7, 11) is 0. The molecule has 0 spiro atoms. The first-order valence-electron chi connectivity index (χ1n) is 10.8. The third-order valence-electron chi connectivity index (χ3n) is 6.57. The number of nitrogens with zero attached hydrogens (tertiary/aromatic N) is 3. The van der Waals surface area contributed by atoms with Gasteiger partial charge in [-0.15, -0.1) is 22.7 Å². The van der Waals surface area contributed by atoms with Gasteiger partial charge in [-0.05, 0) is 30.3 Å². The number of rotatable bonds is 1. The van der Waals surface area contributed by atoms with E-state index in [1.807, 2.05) is 17.5 Å². The summed E-state index contributed by atoms with van der Waals surface area (Å²) in [5.74, 6) is 0. The maximum atomic E-state index is 4.50. The Balaban J connectivity index is 1.58. The van der Waals surface area contributed by atoms with Gasteiger partial charge in [0.2, 0.25) is 0 Å². The molecule has 8 aromatic rings. The molecule has 0 aliphatic rings. The Morgan fingerprint density at radius 3 is 2.42 bits per heavy atom. The number of aromatic nitrogens is 3. The molecule has 154 valence electrons. The molecule has 0 atom stereocenters. The van der Waals surface area contributed by atoms with Gasteiger partial charge in [0.1, 0.15) is 11.2 Å². The highest BCUT2D eigenvalue weighted by atomic mass is 32.1. The molecular weight excluding hydrogens is 442 g/mol. The number of benzene rings is 4. The first-order valence-corrected chi connectivity index (χ1v) is 12.5. The first-order chi connectivity index (χ1) is 16.4. The molecule has 0 radical (unpaired) electrons.